The number of nitrogens with one attached hydrogen (secondary N) is 1. The molecule has 23 heavy (non-hydrogen) atoms. The highest BCUT2D eigenvalue weighted by Crippen LogP contribution is 2.29. The van der Waals surface area contributed by atoms with Crippen molar-refractivity contribution in [3.05, 3.63) is 0 Å². The van der Waals surface area contributed by atoms with Crippen molar-refractivity contribution in [2.45, 2.75) is 88.8 Å². The van der Waals surface area contributed by atoms with Gasteiger partial charge in [-0.25, -0.2) is 0 Å². The summed E-state index contributed by atoms with van der Waals surface area (Å²) in [5.41, 5.74) is 0. The largest absolute Gasteiger partial charge is 0.393 e. The summed E-state index contributed by atoms with van der Waals surface area (Å²) < 4.78 is 0. The van der Waals surface area contributed by atoms with Crippen molar-refractivity contribution in [2.24, 2.45) is 5.92 Å². The van der Waals surface area contributed by atoms with Gasteiger partial charge in [0, 0.05) is 18.5 Å². The molecule has 0 spiro atoms. The van der Waals surface area contributed by atoms with Crippen molar-refractivity contribution in [1.29, 1.82) is 0 Å². The molecule has 5 heteroatoms. The molecule has 0 bridgehead atoms. The van der Waals surface area contributed by atoms with Gasteiger partial charge < -0.3 is 15.3 Å². The summed E-state index contributed by atoms with van der Waals surface area (Å²) in [4.78, 5) is 27.2. The molecule has 2 aliphatic carbocycles. The fourth-order valence-corrected chi connectivity index (χ4v) is 4.40. The second kappa shape index (κ2) is 7.65. The molecule has 1 aliphatic heterocycles. The number of rotatable bonds is 3. The molecule has 2 amide bonds. The van der Waals surface area contributed by atoms with E-state index in [1.54, 1.807) is 0 Å². The highest BCUT2D eigenvalue weighted by atomic mass is 16.3. The quantitative estimate of drug-likeness (QED) is 0.835. The number of aliphatic hydroxyl groups excluding tert-OH is 1. The van der Waals surface area contributed by atoms with Crippen LogP contribution in [0.15, 0.2) is 0 Å². The molecular weight excluding hydrogens is 292 g/mol. The fourth-order valence-electron chi connectivity index (χ4n) is 4.40. The Labute approximate surface area is 138 Å². The van der Waals surface area contributed by atoms with Crippen LogP contribution in [0.2, 0.25) is 0 Å². The lowest BCUT2D eigenvalue weighted by molar-refractivity contribution is -0.142. The van der Waals surface area contributed by atoms with Crippen molar-refractivity contribution in [3.63, 3.8) is 0 Å². The molecular formula is C18H30N2O3. The molecule has 0 radical (unpaired) electrons. The van der Waals surface area contributed by atoms with Crippen LogP contribution in [0.25, 0.3) is 0 Å². The zero-order valence-electron chi connectivity index (χ0n) is 14.0. The second-order valence-corrected chi connectivity index (χ2v) is 7.54. The number of carbonyl (C=O) groups excluding carboxylic acids is 2. The van der Waals surface area contributed by atoms with E-state index in [0.717, 1.165) is 70.8 Å². The molecule has 130 valence electrons. The van der Waals surface area contributed by atoms with Crippen LogP contribution in [-0.4, -0.2) is 46.6 Å². The van der Waals surface area contributed by atoms with Crippen LogP contribution in [0.1, 0.15) is 70.6 Å². The summed E-state index contributed by atoms with van der Waals surface area (Å²) in [5, 5.41) is 12.7. The van der Waals surface area contributed by atoms with Gasteiger partial charge in [-0.2, -0.15) is 0 Å². The Bertz CT molecular complexity index is 426. The molecule has 2 saturated carbocycles. The maximum Gasteiger partial charge on any atom is 0.243 e. The van der Waals surface area contributed by atoms with E-state index in [2.05, 4.69) is 5.32 Å². The zero-order valence-corrected chi connectivity index (χ0v) is 14.0. The molecule has 1 atom stereocenters. The van der Waals surface area contributed by atoms with Gasteiger partial charge in [0.1, 0.15) is 6.04 Å². The highest BCUT2D eigenvalue weighted by Gasteiger charge is 2.38. The molecule has 3 rings (SSSR count). The van der Waals surface area contributed by atoms with E-state index < -0.39 is 0 Å². The summed E-state index contributed by atoms with van der Waals surface area (Å²) in [6.07, 6.45) is 10.2. The van der Waals surface area contributed by atoms with E-state index in [-0.39, 0.29) is 35.9 Å². The smallest absolute Gasteiger partial charge is 0.243 e. The molecule has 3 aliphatic rings. The third kappa shape index (κ3) is 4.06. The molecule has 2 N–H and O–H groups in total. The lowest BCUT2D eigenvalue weighted by atomic mass is 9.88. The van der Waals surface area contributed by atoms with Gasteiger partial charge in [-0.15, -0.1) is 0 Å². The first-order valence-corrected chi connectivity index (χ1v) is 9.44. The number of amides is 2. The average molecular weight is 322 g/mol. The summed E-state index contributed by atoms with van der Waals surface area (Å²) >= 11 is 0. The SMILES string of the molecule is O=C(NC1CCC(O)CC1)[C@H]1CCCN1C(=O)C1CCCCC1. The van der Waals surface area contributed by atoms with Crippen molar-refractivity contribution in [2.75, 3.05) is 6.54 Å². The lowest BCUT2D eigenvalue weighted by Gasteiger charge is -2.32. The monoisotopic (exact) mass is 322 g/mol. The topological polar surface area (TPSA) is 69.6 Å². The van der Waals surface area contributed by atoms with E-state index in [0.29, 0.717) is 0 Å². The molecule has 3 fully saturated rings. The zero-order chi connectivity index (χ0) is 16.2. The number of nitrogens with zero attached hydrogens (tertiary/aromatic N) is 1. The van der Waals surface area contributed by atoms with Crippen LogP contribution in [-0.2, 0) is 9.59 Å². The Morgan fingerprint density at radius 3 is 2.26 bits per heavy atom. The Kier molecular flexibility index (Phi) is 5.57. The van der Waals surface area contributed by atoms with Crippen molar-refractivity contribution >= 4 is 11.8 Å². The molecule has 5 nitrogen and oxygen atoms in total. The van der Waals surface area contributed by atoms with E-state index in [4.69, 9.17) is 0 Å². The van der Waals surface area contributed by atoms with Gasteiger partial charge in [-0.05, 0) is 51.4 Å². The number of hydrogen-bond donors (Lipinski definition) is 2. The molecule has 0 unspecified atom stereocenters. The summed E-state index contributed by atoms with van der Waals surface area (Å²) in [6.45, 7) is 0.733. The average Bonchev–Trinajstić information content (AvgIpc) is 3.07. The van der Waals surface area contributed by atoms with Crippen molar-refractivity contribution < 1.29 is 14.7 Å². The Morgan fingerprint density at radius 1 is 0.870 bits per heavy atom. The van der Waals surface area contributed by atoms with Crippen LogP contribution in [0.4, 0.5) is 0 Å². The minimum Gasteiger partial charge on any atom is -0.393 e. The van der Waals surface area contributed by atoms with Gasteiger partial charge in [-0.1, -0.05) is 19.3 Å². The molecule has 0 aromatic rings. The lowest BCUT2D eigenvalue weighted by Crippen LogP contribution is -2.51. The van der Waals surface area contributed by atoms with Crippen molar-refractivity contribution in [3.8, 4) is 0 Å². The predicted molar refractivity (Wildman–Crippen MR) is 87.7 cm³/mol. The number of aliphatic hydroxyl groups is 1. The second-order valence-electron chi connectivity index (χ2n) is 7.54. The minimum atomic E-state index is -0.267. The highest BCUT2D eigenvalue weighted by molar-refractivity contribution is 5.89. The first-order valence-electron chi connectivity index (χ1n) is 9.44. The van der Waals surface area contributed by atoms with Crippen LogP contribution in [0.5, 0.6) is 0 Å². The van der Waals surface area contributed by atoms with Gasteiger partial charge in [-0.3, -0.25) is 9.59 Å². The van der Waals surface area contributed by atoms with Gasteiger partial charge in [0.25, 0.3) is 0 Å². The Morgan fingerprint density at radius 2 is 1.57 bits per heavy atom. The van der Waals surface area contributed by atoms with Gasteiger partial charge in [0.05, 0.1) is 6.10 Å². The maximum atomic E-state index is 12.8. The van der Waals surface area contributed by atoms with Crippen LogP contribution >= 0.6 is 0 Å². The number of hydrogen-bond acceptors (Lipinski definition) is 3. The van der Waals surface area contributed by atoms with Gasteiger partial charge in [0.2, 0.25) is 11.8 Å². The third-order valence-corrected chi connectivity index (χ3v) is 5.84. The first kappa shape index (κ1) is 16.7. The molecule has 1 heterocycles. The van der Waals surface area contributed by atoms with E-state index in [1.807, 2.05) is 4.90 Å². The van der Waals surface area contributed by atoms with Gasteiger partial charge >= 0.3 is 0 Å². The number of carbonyl (C=O) groups is 2. The molecule has 0 aromatic carbocycles. The van der Waals surface area contributed by atoms with Crippen molar-refractivity contribution in [1.82, 2.24) is 10.2 Å². The Balaban J connectivity index is 1.55. The standard InChI is InChI=1S/C18H30N2O3/c21-15-10-8-14(9-11-15)19-17(22)16-7-4-12-20(16)18(23)13-5-2-1-3-6-13/h13-16,21H,1-12H2,(H,19,22)/t14?,15?,16-/m1/s1. The van der Waals surface area contributed by atoms with Crippen LogP contribution < -0.4 is 5.32 Å². The van der Waals surface area contributed by atoms with Gasteiger partial charge in [0.15, 0.2) is 0 Å². The summed E-state index contributed by atoms with van der Waals surface area (Å²) in [5.74, 6) is 0.372. The predicted octanol–water partition coefficient (Wildman–Crippen LogP) is 1.98. The van der Waals surface area contributed by atoms with Crippen LogP contribution in [0.3, 0.4) is 0 Å². The Hall–Kier alpha value is -1.10. The first-order chi connectivity index (χ1) is 11.1. The van der Waals surface area contributed by atoms with E-state index in [1.165, 1.54) is 6.42 Å². The molecule has 1 saturated heterocycles. The maximum absolute atomic E-state index is 12.8. The molecule has 0 aromatic heterocycles. The number of likely N-dealkylation sites (tertiary alicyclic amines) is 1. The fraction of sp³-hybridized carbons (Fsp3) is 0.889. The summed E-state index contributed by atoms with van der Waals surface area (Å²) in [7, 11) is 0. The minimum absolute atomic E-state index is 0.0213. The third-order valence-electron chi connectivity index (χ3n) is 5.84. The summed E-state index contributed by atoms with van der Waals surface area (Å²) in [6, 6.07) is -0.102. The van der Waals surface area contributed by atoms with E-state index >= 15 is 0 Å². The van der Waals surface area contributed by atoms with Crippen LogP contribution in [0, 0.1) is 5.92 Å². The van der Waals surface area contributed by atoms with E-state index in [9.17, 15) is 14.7 Å². The normalized spacial score (nSPS) is 32.7.